The standard InChI is InChI=1S/C18H26ClN3O3/c1-3-25-18(24)20-9-8-17(23)22-12-10-21(11-13-22)14(2)15-6-4-5-7-16(15)19/h4-7,14H,3,8-13H2,1-2H3,(H,20,24). The third-order valence-corrected chi connectivity index (χ3v) is 4.80. The highest BCUT2D eigenvalue weighted by molar-refractivity contribution is 6.31. The molecule has 2 amide bonds. The van der Waals surface area contributed by atoms with Crippen LogP contribution < -0.4 is 5.32 Å². The number of ether oxygens (including phenoxy) is 1. The van der Waals surface area contributed by atoms with Gasteiger partial charge in [0.2, 0.25) is 5.91 Å². The number of piperazine rings is 1. The summed E-state index contributed by atoms with van der Waals surface area (Å²) in [6.45, 7) is 7.50. The van der Waals surface area contributed by atoms with Gasteiger partial charge < -0.3 is 15.0 Å². The summed E-state index contributed by atoms with van der Waals surface area (Å²) in [7, 11) is 0. The van der Waals surface area contributed by atoms with E-state index in [0.29, 0.717) is 32.7 Å². The van der Waals surface area contributed by atoms with Gasteiger partial charge in [0.15, 0.2) is 0 Å². The van der Waals surface area contributed by atoms with Crippen LogP contribution in [0.4, 0.5) is 4.79 Å². The van der Waals surface area contributed by atoms with E-state index in [1.54, 1.807) is 6.92 Å². The monoisotopic (exact) mass is 367 g/mol. The molecule has 0 aromatic heterocycles. The van der Waals surface area contributed by atoms with Gasteiger partial charge in [0.1, 0.15) is 0 Å². The summed E-state index contributed by atoms with van der Waals surface area (Å²) in [6.07, 6.45) is -0.188. The average Bonchev–Trinajstić information content (AvgIpc) is 2.62. The van der Waals surface area contributed by atoms with E-state index in [1.165, 1.54) is 0 Å². The molecule has 6 nitrogen and oxygen atoms in total. The van der Waals surface area contributed by atoms with Crippen molar-refractivity contribution in [3.63, 3.8) is 0 Å². The molecule has 0 spiro atoms. The minimum atomic E-state index is -0.478. The lowest BCUT2D eigenvalue weighted by molar-refractivity contribution is -0.133. The molecule has 0 aliphatic carbocycles. The van der Waals surface area contributed by atoms with Crippen molar-refractivity contribution in [1.82, 2.24) is 15.1 Å². The number of carbonyl (C=O) groups is 2. The minimum absolute atomic E-state index is 0.0573. The van der Waals surface area contributed by atoms with Crippen molar-refractivity contribution in [3.05, 3.63) is 34.9 Å². The number of nitrogens with one attached hydrogen (secondary N) is 1. The van der Waals surface area contributed by atoms with E-state index >= 15 is 0 Å². The van der Waals surface area contributed by atoms with Crippen LogP contribution in [0.25, 0.3) is 0 Å². The quantitative estimate of drug-likeness (QED) is 0.839. The Kier molecular flexibility index (Phi) is 7.52. The minimum Gasteiger partial charge on any atom is -0.450 e. The second kappa shape index (κ2) is 9.63. The molecule has 7 heteroatoms. The number of hydrogen-bond donors (Lipinski definition) is 1. The lowest BCUT2D eigenvalue weighted by Crippen LogP contribution is -2.49. The Bertz CT molecular complexity index is 589. The molecule has 1 aliphatic rings. The van der Waals surface area contributed by atoms with E-state index in [1.807, 2.05) is 29.2 Å². The van der Waals surface area contributed by atoms with Crippen molar-refractivity contribution in [2.45, 2.75) is 26.3 Å². The number of hydrogen-bond acceptors (Lipinski definition) is 4. The maximum atomic E-state index is 12.2. The number of alkyl carbamates (subject to hydrolysis) is 1. The molecule has 1 fully saturated rings. The summed E-state index contributed by atoms with van der Waals surface area (Å²) in [5.74, 6) is 0.0573. The van der Waals surface area contributed by atoms with E-state index in [4.69, 9.17) is 16.3 Å². The molecule has 0 radical (unpaired) electrons. The average molecular weight is 368 g/mol. The predicted octanol–water partition coefficient (Wildman–Crippen LogP) is 2.68. The molecule has 1 N–H and O–H groups in total. The summed E-state index contributed by atoms with van der Waals surface area (Å²) < 4.78 is 4.77. The molecule has 138 valence electrons. The van der Waals surface area contributed by atoms with Crippen LogP contribution in [-0.2, 0) is 9.53 Å². The molecule has 1 saturated heterocycles. The summed E-state index contributed by atoms with van der Waals surface area (Å²) >= 11 is 6.29. The Balaban J connectivity index is 1.76. The number of nitrogens with zero attached hydrogens (tertiary/aromatic N) is 2. The fourth-order valence-corrected chi connectivity index (χ4v) is 3.27. The third kappa shape index (κ3) is 5.61. The summed E-state index contributed by atoms with van der Waals surface area (Å²) in [6, 6.07) is 8.10. The molecule has 1 atom stereocenters. The van der Waals surface area contributed by atoms with E-state index in [-0.39, 0.29) is 11.9 Å². The van der Waals surface area contributed by atoms with Gasteiger partial charge >= 0.3 is 6.09 Å². The first kappa shape index (κ1) is 19.5. The maximum absolute atomic E-state index is 12.2. The van der Waals surface area contributed by atoms with Crippen LogP contribution in [0.15, 0.2) is 24.3 Å². The largest absolute Gasteiger partial charge is 0.450 e. The van der Waals surface area contributed by atoms with Gasteiger partial charge in [0.25, 0.3) is 0 Å². The highest BCUT2D eigenvalue weighted by Gasteiger charge is 2.25. The zero-order valence-electron chi connectivity index (χ0n) is 14.8. The molecule has 1 unspecified atom stereocenters. The molecule has 0 saturated carbocycles. The van der Waals surface area contributed by atoms with Crippen molar-refractivity contribution >= 4 is 23.6 Å². The maximum Gasteiger partial charge on any atom is 0.407 e. The summed E-state index contributed by atoms with van der Waals surface area (Å²) in [4.78, 5) is 27.6. The predicted molar refractivity (Wildman–Crippen MR) is 97.7 cm³/mol. The molecule has 1 aromatic rings. The van der Waals surface area contributed by atoms with E-state index in [0.717, 1.165) is 23.7 Å². The first-order chi connectivity index (χ1) is 12.0. The van der Waals surface area contributed by atoms with Gasteiger partial charge in [0.05, 0.1) is 6.61 Å². The highest BCUT2D eigenvalue weighted by atomic mass is 35.5. The second-order valence-corrected chi connectivity index (χ2v) is 6.42. The Morgan fingerprint density at radius 3 is 2.56 bits per heavy atom. The van der Waals surface area contributed by atoms with Crippen molar-refractivity contribution in [1.29, 1.82) is 0 Å². The van der Waals surface area contributed by atoms with Crippen LogP contribution in [0, 0.1) is 0 Å². The van der Waals surface area contributed by atoms with E-state index in [2.05, 4.69) is 17.1 Å². The van der Waals surface area contributed by atoms with Gasteiger partial charge in [-0.1, -0.05) is 29.8 Å². The highest BCUT2D eigenvalue weighted by Crippen LogP contribution is 2.27. The first-order valence-corrected chi connectivity index (χ1v) is 9.07. The fourth-order valence-electron chi connectivity index (χ4n) is 2.98. The van der Waals surface area contributed by atoms with Gasteiger partial charge in [-0.05, 0) is 25.5 Å². The molecular weight excluding hydrogens is 342 g/mol. The number of benzene rings is 1. The Hall–Kier alpha value is -1.79. The van der Waals surface area contributed by atoms with Gasteiger partial charge in [0, 0.05) is 50.2 Å². The SMILES string of the molecule is CCOC(=O)NCCC(=O)N1CCN(C(C)c2ccccc2Cl)CC1. The summed E-state index contributed by atoms with van der Waals surface area (Å²) in [5, 5.41) is 3.35. The Morgan fingerprint density at radius 1 is 1.24 bits per heavy atom. The normalized spacial score (nSPS) is 16.4. The Morgan fingerprint density at radius 2 is 1.92 bits per heavy atom. The van der Waals surface area contributed by atoms with Crippen LogP contribution in [0.2, 0.25) is 5.02 Å². The molecule has 2 rings (SSSR count). The van der Waals surface area contributed by atoms with Crippen molar-refractivity contribution in [3.8, 4) is 0 Å². The number of amides is 2. The number of halogens is 1. The van der Waals surface area contributed by atoms with Gasteiger partial charge in [-0.3, -0.25) is 9.69 Å². The van der Waals surface area contributed by atoms with Gasteiger partial charge in [-0.2, -0.15) is 0 Å². The third-order valence-electron chi connectivity index (χ3n) is 4.45. The van der Waals surface area contributed by atoms with Crippen molar-refractivity contribution in [2.24, 2.45) is 0 Å². The van der Waals surface area contributed by atoms with Crippen LogP contribution in [0.1, 0.15) is 31.9 Å². The van der Waals surface area contributed by atoms with Crippen molar-refractivity contribution < 1.29 is 14.3 Å². The number of carbonyl (C=O) groups excluding carboxylic acids is 2. The molecular formula is C18H26ClN3O3. The van der Waals surface area contributed by atoms with Crippen LogP contribution in [0.3, 0.4) is 0 Å². The smallest absolute Gasteiger partial charge is 0.407 e. The molecule has 1 aliphatic heterocycles. The summed E-state index contributed by atoms with van der Waals surface area (Å²) in [5.41, 5.74) is 1.11. The zero-order chi connectivity index (χ0) is 18.2. The zero-order valence-corrected chi connectivity index (χ0v) is 15.6. The Labute approximate surface area is 154 Å². The number of rotatable bonds is 6. The van der Waals surface area contributed by atoms with Gasteiger partial charge in [-0.25, -0.2) is 4.79 Å². The lowest BCUT2D eigenvalue weighted by atomic mass is 10.1. The molecule has 0 bridgehead atoms. The van der Waals surface area contributed by atoms with Crippen molar-refractivity contribution in [2.75, 3.05) is 39.3 Å². The first-order valence-electron chi connectivity index (χ1n) is 8.69. The molecule has 25 heavy (non-hydrogen) atoms. The molecule has 1 heterocycles. The van der Waals surface area contributed by atoms with Gasteiger partial charge in [-0.15, -0.1) is 0 Å². The van der Waals surface area contributed by atoms with Crippen LogP contribution in [0.5, 0.6) is 0 Å². The topological polar surface area (TPSA) is 61.9 Å². The lowest BCUT2D eigenvalue weighted by Gasteiger charge is -2.38. The molecule has 1 aromatic carbocycles. The second-order valence-electron chi connectivity index (χ2n) is 6.01. The van der Waals surface area contributed by atoms with E-state index < -0.39 is 6.09 Å². The van der Waals surface area contributed by atoms with Crippen LogP contribution >= 0.6 is 11.6 Å². The van der Waals surface area contributed by atoms with E-state index in [9.17, 15) is 9.59 Å². The van der Waals surface area contributed by atoms with Crippen LogP contribution in [-0.4, -0.2) is 61.1 Å². The fraction of sp³-hybridized carbons (Fsp3) is 0.556.